The number of carbonyl (C=O) groups is 6. The predicted molar refractivity (Wildman–Crippen MR) is 223 cm³/mol. The van der Waals surface area contributed by atoms with Gasteiger partial charge >= 0.3 is 5.96 Å². The number of quaternary nitrogens is 2. The van der Waals surface area contributed by atoms with E-state index in [4.69, 9.17) is 11.5 Å². The van der Waals surface area contributed by atoms with E-state index >= 15 is 0 Å². The van der Waals surface area contributed by atoms with Crippen molar-refractivity contribution >= 4 is 52.7 Å². The van der Waals surface area contributed by atoms with E-state index in [1.54, 1.807) is 6.20 Å². The quantitative estimate of drug-likeness (QED) is 0.0200. The molecule has 0 bridgehead atoms. The van der Waals surface area contributed by atoms with Gasteiger partial charge in [0.2, 0.25) is 23.6 Å². The van der Waals surface area contributed by atoms with E-state index in [0.717, 1.165) is 35.9 Å². The molecule has 2 rings (SSSR count). The first-order valence-corrected chi connectivity index (χ1v) is 20.8. The number of unbranched alkanes of at least 4 members (excludes halogenated alkanes) is 1. The summed E-state index contributed by atoms with van der Waals surface area (Å²) in [7, 11) is 0. The number of guanidine groups is 1. The largest absolute Gasteiger partial charge is 0.361 e. The van der Waals surface area contributed by atoms with Crippen LogP contribution in [-0.2, 0) is 35.2 Å². The van der Waals surface area contributed by atoms with E-state index in [1.165, 1.54) is 0 Å². The Morgan fingerprint density at radius 2 is 1.36 bits per heavy atom. The third-order valence-corrected chi connectivity index (χ3v) is 10.6. The molecule has 17 nitrogen and oxygen atoms in total. The summed E-state index contributed by atoms with van der Waals surface area (Å²) in [5.41, 5.74) is 20.6. The zero-order valence-electron chi connectivity index (χ0n) is 35.5. The van der Waals surface area contributed by atoms with Gasteiger partial charge in [-0.1, -0.05) is 72.6 Å². The Kier molecular flexibility index (Phi) is 21.5. The first-order valence-electron chi connectivity index (χ1n) is 20.8. The highest BCUT2D eigenvalue weighted by Gasteiger charge is 2.36. The first kappa shape index (κ1) is 49.1. The molecule has 0 saturated carbocycles. The molecular weight excluding hydrogens is 743 g/mol. The Labute approximate surface area is 342 Å². The number of aldehydes is 1. The topological polar surface area (TPSA) is 300 Å². The average Bonchev–Trinajstić information content (AvgIpc) is 3.60. The minimum Gasteiger partial charge on any atom is -0.361 e. The number of hydrogen-bond acceptors (Lipinski definition) is 6. The summed E-state index contributed by atoms with van der Waals surface area (Å²) in [5.74, 6) is -3.15. The summed E-state index contributed by atoms with van der Waals surface area (Å²) in [6, 6.07) is 1.98. The molecular formula is C41H72N11O6+3. The van der Waals surface area contributed by atoms with E-state index in [9.17, 15) is 28.8 Å². The highest BCUT2D eigenvalue weighted by Crippen LogP contribution is 2.20. The predicted octanol–water partition coefficient (Wildman–Crippen LogP) is -2.37. The van der Waals surface area contributed by atoms with Crippen LogP contribution in [0.15, 0.2) is 30.5 Å². The summed E-state index contributed by atoms with van der Waals surface area (Å²) in [5, 5.41) is 15.1. The van der Waals surface area contributed by atoms with Crippen LogP contribution in [0, 0.1) is 17.8 Å². The van der Waals surface area contributed by atoms with Gasteiger partial charge in [0, 0.05) is 29.9 Å². The van der Waals surface area contributed by atoms with E-state index in [1.807, 2.05) is 65.8 Å². The lowest BCUT2D eigenvalue weighted by molar-refractivity contribution is -0.459. The molecule has 0 aliphatic rings. The lowest BCUT2D eigenvalue weighted by Crippen LogP contribution is -2.78. The van der Waals surface area contributed by atoms with Gasteiger partial charge in [0.05, 0.1) is 19.1 Å². The van der Waals surface area contributed by atoms with Gasteiger partial charge in [-0.15, -0.1) is 0 Å². The average molecular weight is 815 g/mol. The fraction of sp³-hybridized carbons (Fsp3) is 0.634. The molecule has 324 valence electrons. The molecule has 58 heavy (non-hydrogen) atoms. The molecule has 17 heteroatoms. The van der Waals surface area contributed by atoms with E-state index in [-0.39, 0.29) is 36.6 Å². The van der Waals surface area contributed by atoms with Crippen LogP contribution in [0.25, 0.3) is 10.9 Å². The lowest BCUT2D eigenvalue weighted by atomic mass is 9.94. The number of aromatic nitrogens is 1. The molecule has 5 amide bonds. The number of carbonyl (C=O) groups excluding carboxylic acids is 6. The number of H-pyrrole nitrogens is 1. The van der Waals surface area contributed by atoms with Gasteiger partial charge in [-0.25, -0.2) is 0 Å². The summed E-state index contributed by atoms with van der Waals surface area (Å²) < 4.78 is 0. The number of para-hydroxylation sites is 1. The van der Waals surface area contributed by atoms with Crippen LogP contribution < -0.4 is 54.5 Å². The first-order chi connectivity index (χ1) is 27.6. The van der Waals surface area contributed by atoms with Crippen molar-refractivity contribution in [2.45, 2.75) is 136 Å². The molecule has 0 aliphatic heterocycles. The summed E-state index contributed by atoms with van der Waals surface area (Å²) in [4.78, 5) is 87.3. The second-order valence-corrected chi connectivity index (χ2v) is 15.9. The van der Waals surface area contributed by atoms with Crippen LogP contribution in [0.4, 0.5) is 0 Å². The Morgan fingerprint density at radius 3 is 1.95 bits per heavy atom. The molecule has 0 fully saturated rings. The Morgan fingerprint density at radius 1 is 0.776 bits per heavy atom. The van der Waals surface area contributed by atoms with Gasteiger partial charge in [-0.2, -0.15) is 0 Å². The summed E-state index contributed by atoms with van der Waals surface area (Å²) in [6.45, 7) is 12.4. The van der Waals surface area contributed by atoms with Gasteiger partial charge in [-0.05, 0) is 61.5 Å². The van der Waals surface area contributed by atoms with Crippen molar-refractivity contribution in [2.24, 2.45) is 29.2 Å². The third-order valence-electron chi connectivity index (χ3n) is 10.6. The van der Waals surface area contributed by atoms with E-state index in [2.05, 4.69) is 48.0 Å². The number of rotatable bonds is 27. The van der Waals surface area contributed by atoms with Gasteiger partial charge in [0.25, 0.3) is 5.91 Å². The van der Waals surface area contributed by atoms with Gasteiger partial charge in [-0.3, -0.25) is 40.4 Å². The number of nitrogens with one attached hydrogen (secondary N) is 7. The molecule has 0 unspecified atom stereocenters. The molecule has 0 spiro atoms. The minimum absolute atomic E-state index is 0.0241. The number of amides is 5. The standard InChI is InChI=1S/C41H69N11O6/c1-7-25(5)34(39(57)48-28(23-53)20-24(3)4)52-40(58)35(26(6)8-2)51-38(56)33(21-27-22-47-31-16-10-9-14-29(27)31)50-37(55)32(17-13-19-46-41(44)45)49-36(54)30(43)15-11-12-18-42/h9-10,14,16,22-26,28,30,32-35,47H,7-8,11-13,15,17-21,42-43H2,1-6H3,(H,48,57)(H,49,54)(H,50,55)(H,51,56)(H,52,58)(H4,44,45,46)/p+3/t25-,26-,28-,30-,32-,33-,34-,35-/m0/s1. The number of benzene rings is 1. The molecule has 0 saturated heterocycles. The molecule has 0 radical (unpaired) electrons. The SMILES string of the molecule is CC[C@H](C)[C@H](NC(=O)[C@H](Cc1c[nH]c2ccccc12)NC(=O)[C@H](CCC[NH+]=C(N)N)NC(=O)[C@@H]([NH3+])CCCC[NH3+])C(=O)N[C@H](C(=O)N[C@H](C=O)CC(C)C)[C@@H](C)CC. The summed E-state index contributed by atoms with van der Waals surface area (Å²) in [6.07, 6.45) is 6.77. The van der Waals surface area contributed by atoms with Crippen LogP contribution >= 0.6 is 0 Å². The summed E-state index contributed by atoms with van der Waals surface area (Å²) >= 11 is 0. The van der Waals surface area contributed by atoms with Crippen LogP contribution in [-0.4, -0.2) is 96.1 Å². The molecule has 2 aromatic rings. The fourth-order valence-corrected chi connectivity index (χ4v) is 6.63. The van der Waals surface area contributed by atoms with Crippen LogP contribution in [0.3, 0.4) is 0 Å². The van der Waals surface area contributed by atoms with Crippen LogP contribution in [0.2, 0.25) is 0 Å². The number of aromatic amines is 1. The Hall–Kier alpha value is -5.03. The molecule has 1 heterocycles. The zero-order chi connectivity index (χ0) is 43.4. The van der Waals surface area contributed by atoms with Crippen molar-refractivity contribution in [2.75, 3.05) is 13.1 Å². The molecule has 8 atom stereocenters. The molecule has 0 aliphatic carbocycles. The second kappa shape index (κ2) is 25.4. The highest BCUT2D eigenvalue weighted by molar-refractivity contribution is 5.96. The number of hydrogen-bond donors (Lipinski definition) is 11. The smallest absolute Gasteiger partial charge is 0.338 e. The normalized spacial score (nSPS) is 15.5. The Balaban J connectivity index is 2.47. The number of nitrogens with two attached hydrogens (primary N) is 2. The maximum Gasteiger partial charge on any atom is 0.338 e. The van der Waals surface area contributed by atoms with E-state index in [0.29, 0.717) is 44.9 Å². The van der Waals surface area contributed by atoms with Crippen molar-refractivity contribution in [3.8, 4) is 0 Å². The Bertz CT molecular complexity index is 1660. The monoisotopic (exact) mass is 815 g/mol. The van der Waals surface area contributed by atoms with Crippen molar-refractivity contribution in [1.82, 2.24) is 31.6 Å². The maximum absolute atomic E-state index is 14.4. The number of fused-ring (bicyclic) bond motifs is 1. The van der Waals surface area contributed by atoms with E-state index < -0.39 is 65.8 Å². The molecule has 17 N–H and O–H groups in total. The fourth-order valence-electron chi connectivity index (χ4n) is 6.63. The van der Waals surface area contributed by atoms with Crippen molar-refractivity contribution < 1.29 is 45.2 Å². The highest BCUT2D eigenvalue weighted by atomic mass is 16.2. The van der Waals surface area contributed by atoms with Crippen LogP contribution in [0.5, 0.6) is 0 Å². The maximum atomic E-state index is 14.4. The van der Waals surface area contributed by atoms with Gasteiger partial charge < -0.3 is 47.8 Å². The zero-order valence-corrected chi connectivity index (χ0v) is 35.5. The van der Waals surface area contributed by atoms with Crippen molar-refractivity contribution in [3.63, 3.8) is 0 Å². The molecule has 1 aromatic carbocycles. The van der Waals surface area contributed by atoms with Crippen LogP contribution in [0.1, 0.15) is 98.5 Å². The third kappa shape index (κ3) is 16.1. The van der Waals surface area contributed by atoms with Gasteiger partial charge in [0.1, 0.15) is 30.5 Å². The minimum atomic E-state index is -1.18. The second-order valence-electron chi connectivity index (χ2n) is 15.9. The van der Waals surface area contributed by atoms with Gasteiger partial charge in [0.15, 0.2) is 6.04 Å². The molecule has 1 aromatic heterocycles. The van der Waals surface area contributed by atoms with Crippen molar-refractivity contribution in [3.05, 3.63) is 36.0 Å². The van der Waals surface area contributed by atoms with Crippen molar-refractivity contribution in [1.29, 1.82) is 0 Å². The lowest BCUT2D eigenvalue weighted by Gasteiger charge is -2.31.